The molecule has 124 valence electrons. The predicted octanol–water partition coefficient (Wildman–Crippen LogP) is 4.36. The van der Waals surface area contributed by atoms with Crippen LogP contribution in [0.3, 0.4) is 0 Å². The minimum atomic E-state index is 0. The van der Waals surface area contributed by atoms with Crippen molar-refractivity contribution in [2.24, 2.45) is 4.99 Å². The van der Waals surface area contributed by atoms with Crippen molar-refractivity contribution in [2.75, 3.05) is 13.6 Å². The maximum absolute atomic E-state index is 4.32. The van der Waals surface area contributed by atoms with Crippen molar-refractivity contribution in [1.82, 2.24) is 10.6 Å². The number of nitrogens with zero attached hydrogens (tertiary/aromatic N) is 1. The van der Waals surface area contributed by atoms with Gasteiger partial charge >= 0.3 is 0 Å². The lowest BCUT2D eigenvalue weighted by Crippen LogP contribution is -2.40. The number of thioether (sulfide) groups is 1. The SMILES string of the molecule is CN=C(NCc1cccs1)NCC1(Sc2ccccc2)CC1.I. The van der Waals surface area contributed by atoms with Crippen LogP contribution in [0.25, 0.3) is 0 Å². The number of hydrogen-bond acceptors (Lipinski definition) is 3. The smallest absolute Gasteiger partial charge is 0.191 e. The predicted molar refractivity (Wildman–Crippen MR) is 112 cm³/mol. The molecule has 0 atom stereocenters. The lowest BCUT2D eigenvalue weighted by molar-refractivity contribution is 0.769. The summed E-state index contributed by atoms with van der Waals surface area (Å²) < 4.78 is 0.335. The largest absolute Gasteiger partial charge is 0.355 e. The number of rotatable bonds is 6. The van der Waals surface area contributed by atoms with Gasteiger partial charge in [-0.2, -0.15) is 0 Å². The van der Waals surface area contributed by atoms with Crippen molar-refractivity contribution >= 4 is 53.0 Å². The summed E-state index contributed by atoms with van der Waals surface area (Å²) in [5.74, 6) is 0.883. The average molecular weight is 459 g/mol. The highest BCUT2D eigenvalue weighted by Crippen LogP contribution is 2.51. The van der Waals surface area contributed by atoms with Crippen LogP contribution in [0.4, 0.5) is 0 Å². The lowest BCUT2D eigenvalue weighted by atomic mass is 10.4. The van der Waals surface area contributed by atoms with Gasteiger partial charge in [-0.15, -0.1) is 47.1 Å². The van der Waals surface area contributed by atoms with Crippen molar-refractivity contribution in [1.29, 1.82) is 0 Å². The first kappa shape index (κ1) is 18.6. The normalized spacial score (nSPS) is 15.6. The monoisotopic (exact) mass is 459 g/mol. The van der Waals surface area contributed by atoms with Crippen LogP contribution in [0, 0.1) is 0 Å². The van der Waals surface area contributed by atoms with Crippen molar-refractivity contribution < 1.29 is 0 Å². The van der Waals surface area contributed by atoms with Gasteiger partial charge in [0.15, 0.2) is 5.96 Å². The Labute approximate surface area is 163 Å². The Morgan fingerprint density at radius 1 is 1.17 bits per heavy atom. The van der Waals surface area contributed by atoms with E-state index in [1.807, 2.05) is 18.8 Å². The summed E-state index contributed by atoms with van der Waals surface area (Å²) in [6.45, 7) is 1.78. The molecule has 1 fully saturated rings. The van der Waals surface area contributed by atoms with E-state index >= 15 is 0 Å². The number of hydrogen-bond donors (Lipinski definition) is 2. The fourth-order valence-electron chi connectivity index (χ4n) is 2.24. The minimum absolute atomic E-state index is 0. The number of benzene rings is 1. The zero-order valence-electron chi connectivity index (χ0n) is 13.1. The molecule has 0 radical (unpaired) electrons. The van der Waals surface area contributed by atoms with Gasteiger partial charge in [-0.3, -0.25) is 4.99 Å². The molecule has 3 nitrogen and oxygen atoms in total. The van der Waals surface area contributed by atoms with Crippen molar-refractivity contribution in [2.45, 2.75) is 29.0 Å². The Morgan fingerprint density at radius 2 is 1.96 bits per heavy atom. The minimum Gasteiger partial charge on any atom is -0.355 e. The maximum Gasteiger partial charge on any atom is 0.191 e. The Morgan fingerprint density at radius 3 is 2.57 bits per heavy atom. The van der Waals surface area contributed by atoms with E-state index in [1.54, 1.807) is 11.3 Å². The molecule has 1 aromatic carbocycles. The van der Waals surface area contributed by atoms with Gasteiger partial charge in [-0.05, 0) is 36.4 Å². The quantitative estimate of drug-likeness (QED) is 0.383. The molecule has 1 aliphatic carbocycles. The van der Waals surface area contributed by atoms with E-state index in [9.17, 15) is 0 Å². The Hall–Kier alpha value is -0.730. The fourth-order valence-corrected chi connectivity index (χ4v) is 4.13. The third kappa shape index (κ3) is 5.69. The van der Waals surface area contributed by atoms with E-state index in [0.29, 0.717) is 4.75 Å². The van der Waals surface area contributed by atoms with Crippen LogP contribution < -0.4 is 10.6 Å². The van der Waals surface area contributed by atoms with Crippen molar-refractivity contribution in [3.8, 4) is 0 Å². The third-order valence-electron chi connectivity index (χ3n) is 3.70. The van der Waals surface area contributed by atoms with Gasteiger partial charge < -0.3 is 10.6 Å². The van der Waals surface area contributed by atoms with Gasteiger partial charge in [0.05, 0.1) is 6.54 Å². The van der Waals surface area contributed by atoms with Gasteiger partial charge in [-0.25, -0.2) is 0 Å². The molecule has 0 amide bonds. The van der Waals surface area contributed by atoms with Crippen LogP contribution >= 0.6 is 47.1 Å². The van der Waals surface area contributed by atoms with Crippen LogP contribution in [0.15, 0.2) is 57.7 Å². The van der Waals surface area contributed by atoms with Gasteiger partial charge in [0.2, 0.25) is 0 Å². The molecular weight excluding hydrogens is 437 g/mol. The third-order valence-corrected chi connectivity index (χ3v) is 6.07. The Kier molecular flexibility index (Phi) is 7.23. The van der Waals surface area contributed by atoms with Crippen LogP contribution in [0.1, 0.15) is 17.7 Å². The Balaban J connectivity index is 0.00000192. The molecule has 6 heteroatoms. The summed E-state index contributed by atoms with van der Waals surface area (Å²) in [6.07, 6.45) is 2.53. The summed E-state index contributed by atoms with van der Waals surface area (Å²) >= 11 is 3.75. The van der Waals surface area contributed by atoms with Gasteiger partial charge in [0.25, 0.3) is 0 Å². The lowest BCUT2D eigenvalue weighted by Gasteiger charge is -2.18. The van der Waals surface area contributed by atoms with Gasteiger partial charge in [0.1, 0.15) is 0 Å². The molecule has 1 aliphatic rings. The first-order valence-electron chi connectivity index (χ1n) is 7.51. The highest BCUT2D eigenvalue weighted by molar-refractivity contribution is 14.0. The molecule has 1 aromatic heterocycles. The van der Waals surface area contributed by atoms with E-state index in [2.05, 4.69) is 63.5 Å². The fraction of sp³-hybridized carbons (Fsp3) is 0.353. The second kappa shape index (κ2) is 8.94. The highest BCUT2D eigenvalue weighted by Gasteiger charge is 2.43. The number of guanidine groups is 1. The zero-order chi connectivity index (χ0) is 15.3. The second-order valence-corrected chi connectivity index (χ2v) is 8.03. The number of aliphatic imine (C=N–C) groups is 1. The van der Waals surface area contributed by atoms with Crippen LogP contribution in [-0.2, 0) is 6.54 Å². The van der Waals surface area contributed by atoms with E-state index in [-0.39, 0.29) is 24.0 Å². The van der Waals surface area contributed by atoms with Gasteiger partial charge in [-0.1, -0.05) is 24.3 Å². The van der Waals surface area contributed by atoms with Crippen molar-refractivity contribution in [3.63, 3.8) is 0 Å². The first-order chi connectivity index (χ1) is 10.8. The molecule has 0 aliphatic heterocycles. The molecule has 0 unspecified atom stereocenters. The molecule has 1 saturated carbocycles. The van der Waals surface area contributed by atoms with E-state index in [1.165, 1.54) is 22.6 Å². The van der Waals surface area contributed by atoms with E-state index in [0.717, 1.165) is 19.0 Å². The molecule has 23 heavy (non-hydrogen) atoms. The number of halogens is 1. The molecule has 2 aromatic rings. The summed E-state index contributed by atoms with van der Waals surface area (Å²) in [4.78, 5) is 6.99. The molecular formula is C17H22IN3S2. The molecule has 3 rings (SSSR count). The van der Waals surface area contributed by atoms with Crippen LogP contribution in [0.5, 0.6) is 0 Å². The summed E-state index contributed by atoms with van der Waals surface area (Å²) in [6, 6.07) is 14.9. The highest BCUT2D eigenvalue weighted by atomic mass is 127. The standard InChI is InChI=1S/C17H21N3S2.HI/c1-18-16(19-12-15-8-5-11-21-15)20-13-17(9-10-17)22-14-6-3-2-4-7-14;/h2-8,11H,9-10,12-13H2,1H3,(H2,18,19,20);1H. The molecule has 2 N–H and O–H groups in total. The van der Waals surface area contributed by atoms with Crippen LogP contribution in [-0.4, -0.2) is 24.3 Å². The second-order valence-electron chi connectivity index (χ2n) is 5.46. The first-order valence-corrected chi connectivity index (χ1v) is 9.20. The average Bonchev–Trinajstić information content (AvgIpc) is 3.11. The molecule has 0 bridgehead atoms. The summed E-state index contributed by atoms with van der Waals surface area (Å²) in [5.41, 5.74) is 0. The number of nitrogens with one attached hydrogen (secondary N) is 2. The maximum atomic E-state index is 4.32. The molecule has 0 spiro atoms. The summed E-state index contributed by atoms with van der Waals surface area (Å²) in [7, 11) is 1.83. The van der Waals surface area contributed by atoms with Gasteiger partial charge in [0, 0.05) is 28.1 Å². The van der Waals surface area contributed by atoms with Crippen LogP contribution in [0.2, 0.25) is 0 Å². The summed E-state index contributed by atoms with van der Waals surface area (Å²) in [5, 5.41) is 8.95. The van der Waals surface area contributed by atoms with E-state index < -0.39 is 0 Å². The molecule has 0 saturated heterocycles. The van der Waals surface area contributed by atoms with Crippen molar-refractivity contribution in [3.05, 3.63) is 52.7 Å². The molecule has 1 heterocycles. The Bertz CT molecular complexity index is 610. The number of thiophene rings is 1. The van der Waals surface area contributed by atoms with E-state index in [4.69, 9.17) is 0 Å². The zero-order valence-corrected chi connectivity index (χ0v) is 17.1. The topological polar surface area (TPSA) is 36.4 Å².